The van der Waals surface area contributed by atoms with Crippen molar-refractivity contribution in [3.63, 3.8) is 0 Å². The van der Waals surface area contributed by atoms with E-state index in [1.54, 1.807) is 30.5 Å². The SMILES string of the molecule is O=[N+]([O-])c1ccc(-c2nc(SCc3cn(-c4ccc([N+](=O)[O-])cc4)nn3)n[nH]2)cc1. The van der Waals surface area contributed by atoms with Crippen LogP contribution in [0.4, 0.5) is 11.4 Å². The monoisotopic (exact) mass is 424 g/mol. The Morgan fingerprint density at radius 3 is 2.23 bits per heavy atom. The first-order valence-electron chi connectivity index (χ1n) is 8.46. The molecule has 4 rings (SSSR count). The summed E-state index contributed by atoms with van der Waals surface area (Å²) >= 11 is 1.35. The van der Waals surface area contributed by atoms with Crippen molar-refractivity contribution in [3.05, 3.63) is 80.7 Å². The summed E-state index contributed by atoms with van der Waals surface area (Å²) in [6, 6.07) is 12.0. The molecule has 2 heterocycles. The minimum Gasteiger partial charge on any atom is -0.258 e. The fourth-order valence-corrected chi connectivity index (χ4v) is 3.21. The second-order valence-electron chi connectivity index (χ2n) is 5.99. The zero-order valence-electron chi connectivity index (χ0n) is 15.1. The first-order chi connectivity index (χ1) is 14.5. The number of thioether (sulfide) groups is 1. The Labute approximate surface area is 172 Å². The number of nitrogens with one attached hydrogen (secondary N) is 1. The zero-order valence-corrected chi connectivity index (χ0v) is 15.9. The Hall–Kier alpha value is -4.13. The lowest BCUT2D eigenvalue weighted by molar-refractivity contribution is -0.385. The first kappa shape index (κ1) is 19.2. The van der Waals surface area contributed by atoms with E-state index in [1.807, 2.05) is 0 Å². The van der Waals surface area contributed by atoms with E-state index >= 15 is 0 Å². The van der Waals surface area contributed by atoms with Crippen molar-refractivity contribution >= 4 is 23.1 Å². The van der Waals surface area contributed by atoms with Crippen LogP contribution in [0.15, 0.2) is 59.9 Å². The average molecular weight is 424 g/mol. The molecule has 2 aromatic heterocycles. The van der Waals surface area contributed by atoms with Crippen LogP contribution in [0.3, 0.4) is 0 Å². The highest BCUT2D eigenvalue weighted by molar-refractivity contribution is 7.98. The molecule has 1 N–H and O–H groups in total. The number of H-pyrrole nitrogens is 1. The predicted molar refractivity (Wildman–Crippen MR) is 106 cm³/mol. The topological polar surface area (TPSA) is 159 Å². The highest BCUT2D eigenvalue weighted by Gasteiger charge is 2.11. The smallest absolute Gasteiger partial charge is 0.258 e. The van der Waals surface area contributed by atoms with Gasteiger partial charge < -0.3 is 0 Å². The Bertz CT molecular complexity index is 1110. The van der Waals surface area contributed by atoms with Gasteiger partial charge in [-0.2, -0.15) is 0 Å². The van der Waals surface area contributed by atoms with Crippen molar-refractivity contribution in [2.45, 2.75) is 10.9 Å². The fourth-order valence-electron chi connectivity index (χ4n) is 2.54. The molecule has 0 bridgehead atoms. The summed E-state index contributed by atoms with van der Waals surface area (Å²) < 4.78 is 1.53. The van der Waals surface area contributed by atoms with E-state index in [2.05, 4.69) is 25.5 Å². The molecule has 0 spiro atoms. The number of nitro benzene ring substituents is 2. The van der Waals surface area contributed by atoms with Crippen molar-refractivity contribution in [2.24, 2.45) is 0 Å². The van der Waals surface area contributed by atoms with Gasteiger partial charge in [0.25, 0.3) is 11.4 Å². The fraction of sp³-hybridized carbons (Fsp3) is 0.0588. The molecule has 150 valence electrons. The molecular formula is C17H12N8O4S. The van der Waals surface area contributed by atoms with Gasteiger partial charge >= 0.3 is 0 Å². The Morgan fingerprint density at radius 2 is 1.60 bits per heavy atom. The molecule has 0 unspecified atom stereocenters. The number of aromatic nitrogens is 6. The molecule has 0 aliphatic carbocycles. The Kier molecular flexibility index (Phi) is 5.17. The molecule has 13 heteroatoms. The van der Waals surface area contributed by atoms with Crippen LogP contribution in [0.25, 0.3) is 17.1 Å². The van der Waals surface area contributed by atoms with Gasteiger partial charge in [0.05, 0.1) is 27.4 Å². The summed E-state index contributed by atoms with van der Waals surface area (Å²) in [5, 5.41) is 37.0. The molecule has 0 amide bonds. The number of non-ortho nitro benzene ring substituents is 2. The molecule has 30 heavy (non-hydrogen) atoms. The van der Waals surface area contributed by atoms with Gasteiger partial charge in [0, 0.05) is 35.6 Å². The lowest BCUT2D eigenvalue weighted by Gasteiger charge is -1.98. The van der Waals surface area contributed by atoms with E-state index in [1.165, 1.54) is 40.7 Å². The Balaban J connectivity index is 1.40. The van der Waals surface area contributed by atoms with Gasteiger partial charge in [0.15, 0.2) is 5.82 Å². The van der Waals surface area contributed by atoms with E-state index < -0.39 is 9.85 Å². The van der Waals surface area contributed by atoms with Crippen LogP contribution in [0.5, 0.6) is 0 Å². The summed E-state index contributed by atoms with van der Waals surface area (Å²) in [4.78, 5) is 24.9. The number of hydrogen-bond donors (Lipinski definition) is 1. The van der Waals surface area contributed by atoms with E-state index in [0.717, 1.165) is 0 Å². The quantitative estimate of drug-likeness (QED) is 0.267. The molecule has 12 nitrogen and oxygen atoms in total. The lowest BCUT2D eigenvalue weighted by Crippen LogP contribution is -1.95. The summed E-state index contributed by atoms with van der Waals surface area (Å²) in [5.74, 6) is 0.965. The number of benzene rings is 2. The molecule has 4 aromatic rings. The largest absolute Gasteiger partial charge is 0.269 e. The highest BCUT2D eigenvalue weighted by Crippen LogP contribution is 2.23. The number of nitro groups is 2. The summed E-state index contributed by atoms with van der Waals surface area (Å²) in [6.07, 6.45) is 1.72. The van der Waals surface area contributed by atoms with Gasteiger partial charge in [-0.05, 0) is 24.3 Å². The minimum atomic E-state index is -0.463. The lowest BCUT2D eigenvalue weighted by atomic mass is 10.2. The summed E-state index contributed by atoms with van der Waals surface area (Å²) in [5.41, 5.74) is 2.03. The number of aromatic amines is 1. The molecular weight excluding hydrogens is 412 g/mol. The van der Waals surface area contributed by atoms with Gasteiger partial charge in [-0.3, -0.25) is 25.3 Å². The summed E-state index contributed by atoms with van der Waals surface area (Å²) in [7, 11) is 0. The van der Waals surface area contributed by atoms with Crippen LogP contribution in [0.1, 0.15) is 5.69 Å². The third-order valence-corrected chi connectivity index (χ3v) is 4.91. The van der Waals surface area contributed by atoms with Gasteiger partial charge in [0.2, 0.25) is 5.16 Å². The van der Waals surface area contributed by atoms with E-state index in [-0.39, 0.29) is 11.4 Å². The molecule has 0 aliphatic heterocycles. The normalized spacial score (nSPS) is 10.8. The molecule has 0 saturated carbocycles. The number of hydrogen-bond acceptors (Lipinski definition) is 9. The van der Waals surface area contributed by atoms with Crippen molar-refractivity contribution in [2.75, 3.05) is 0 Å². The van der Waals surface area contributed by atoms with Crippen LogP contribution < -0.4 is 0 Å². The van der Waals surface area contributed by atoms with E-state index in [4.69, 9.17) is 0 Å². The zero-order chi connectivity index (χ0) is 21.1. The van der Waals surface area contributed by atoms with Crippen LogP contribution in [0, 0.1) is 20.2 Å². The van der Waals surface area contributed by atoms with Crippen LogP contribution in [-0.4, -0.2) is 40.0 Å². The highest BCUT2D eigenvalue weighted by atomic mass is 32.2. The molecule has 0 radical (unpaired) electrons. The van der Waals surface area contributed by atoms with Gasteiger partial charge in [-0.1, -0.05) is 17.0 Å². The van der Waals surface area contributed by atoms with E-state index in [9.17, 15) is 20.2 Å². The number of rotatable bonds is 7. The molecule has 0 fully saturated rings. The molecule has 0 saturated heterocycles. The number of nitrogens with zero attached hydrogens (tertiary/aromatic N) is 7. The maximum absolute atomic E-state index is 10.7. The first-order valence-corrected chi connectivity index (χ1v) is 9.44. The third-order valence-electron chi connectivity index (χ3n) is 4.03. The van der Waals surface area contributed by atoms with Crippen LogP contribution in [-0.2, 0) is 5.75 Å². The average Bonchev–Trinajstić information content (AvgIpc) is 3.42. The predicted octanol–water partition coefficient (Wildman–Crippen LogP) is 3.16. The summed E-state index contributed by atoms with van der Waals surface area (Å²) in [6.45, 7) is 0. The van der Waals surface area contributed by atoms with Gasteiger partial charge in [-0.15, -0.1) is 10.2 Å². The van der Waals surface area contributed by atoms with Crippen LogP contribution >= 0.6 is 11.8 Å². The standard InChI is InChI=1S/C17H12N8O4S/c26-24(27)14-3-1-11(2-4-14)16-18-17(21-20-16)30-10-12-9-23(22-19-12)13-5-7-15(8-6-13)25(28)29/h1-9H,10H2,(H,18,20,21). The third kappa shape index (κ3) is 4.15. The maximum atomic E-state index is 10.7. The maximum Gasteiger partial charge on any atom is 0.269 e. The second-order valence-corrected chi connectivity index (χ2v) is 6.93. The van der Waals surface area contributed by atoms with Crippen molar-refractivity contribution in [3.8, 4) is 17.1 Å². The van der Waals surface area contributed by atoms with Crippen molar-refractivity contribution in [1.82, 2.24) is 30.2 Å². The molecule has 0 aliphatic rings. The van der Waals surface area contributed by atoms with Gasteiger partial charge in [0.1, 0.15) is 0 Å². The minimum absolute atomic E-state index is 0.00285. The second kappa shape index (κ2) is 8.08. The van der Waals surface area contributed by atoms with E-state index in [0.29, 0.717) is 33.7 Å². The van der Waals surface area contributed by atoms with Crippen LogP contribution in [0.2, 0.25) is 0 Å². The van der Waals surface area contributed by atoms with Gasteiger partial charge in [-0.25, -0.2) is 9.67 Å². The van der Waals surface area contributed by atoms with Crippen molar-refractivity contribution in [1.29, 1.82) is 0 Å². The molecule has 0 atom stereocenters. The molecule has 2 aromatic carbocycles. The Morgan fingerprint density at radius 1 is 0.967 bits per heavy atom. The van der Waals surface area contributed by atoms with Crippen molar-refractivity contribution < 1.29 is 9.85 Å².